The van der Waals surface area contributed by atoms with Crippen LogP contribution in [0.5, 0.6) is 5.75 Å². The first-order valence-electron chi connectivity index (χ1n) is 8.14. The zero-order chi connectivity index (χ0) is 15.6. The summed E-state index contributed by atoms with van der Waals surface area (Å²) in [6.45, 7) is 3.34. The Morgan fingerprint density at radius 1 is 1.27 bits per heavy atom. The Bertz CT molecular complexity index is 529. The molecule has 0 fully saturated rings. The molecule has 0 bridgehead atoms. The topological polar surface area (TPSA) is 38.3 Å². The molecular formula is C19H25NO2. The largest absolute Gasteiger partial charge is 0.494 e. The fourth-order valence-corrected chi connectivity index (χ4v) is 2.55. The van der Waals surface area contributed by atoms with Gasteiger partial charge in [-0.15, -0.1) is 0 Å². The van der Waals surface area contributed by atoms with Crippen LogP contribution in [0.1, 0.15) is 44.6 Å². The molecule has 0 saturated carbocycles. The highest BCUT2D eigenvalue weighted by Crippen LogP contribution is 2.19. The average Bonchev–Trinajstić information content (AvgIpc) is 2.55. The zero-order valence-electron chi connectivity index (χ0n) is 13.3. The normalized spacial score (nSPS) is 14.7. The summed E-state index contributed by atoms with van der Waals surface area (Å²) < 4.78 is 5.39. The molecule has 3 heteroatoms. The minimum Gasteiger partial charge on any atom is -0.494 e. The maximum absolute atomic E-state index is 11.8. The fraction of sp³-hybridized carbons (Fsp3) is 0.421. The lowest BCUT2D eigenvalue weighted by Crippen LogP contribution is -2.22. The van der Waals surface area contributed by atoms with E-state index in [1.54, 1.807) is 6.08 Å². The third kappa shape index (κ3) is 5.76. The van der Waals surface area contributed by atoms with Gasteiger partial charge in [0.1, 0.15) is 5.75 Å². The van der Waals surface area contributed by atoms with E-state index in [0.29, 0.717) is 6.61 Å². The van der Waals surface area contributed by atoms with Gasteiger partial charge in [0.15, 0.2) is 0 Å². The van der Waals surface area contributed by atoms with Crippen molar-refractivity contribution < 1.29 is 9.53 Å². The summed E-state index contributed by atoms with van der Waals surface area (Å²) in [4.78, 5) is 11.8. The Balaban J connectivity index is 1.72. The predicted molar refractivity (Wildman–Crippen MR) is 90.8 cm³/mol. The van der Waals surface area contributed by atoms with Gasteiger partial charge in [0, 0.05) is 12.6 Å². The van der Waals surface area contributed by atoms with Crippen molar-refractivity contribution in [2.75, 3.05) is 13.2 Å². The summed E-state index contributed by atoms with van der Waals surface area (Å²) in [6, 6.07) is 7.72. The molecule has 0 aromatic heterocycles. The Morgan fingerprint density at radius 2 is 2.09 bits per heavy atom. The van der Waals surface area contributed by atoms with Crippen molar-refractivity contribution in [3.8, 4) is 5.75 Å². The molecule has 0 heterocycles. The second-order valence-electron chi connectivity index (χ2n) is 5.48. The molecule has 1 aliphatic rings. The van der Waals surface area contributed by atoms with Crippen LogP contribution < -0.4 is 10.1 Å². The first-order chi connectivity index (χ1) is 10.8. The number of carbonyl (C=O) groups excluding carboxylic acids is 1. The fourth-order valence-electron chi connectivity index (χ4n) is 2.55. The lowest BCUT2D eigenvalue weighted by molar-refractivity contribution is -0.116. The number of benzene rings is 1. The second-order valence-corrected chi connectivity index (χ2v) is 5.48. The van der Waals surface area contributed by atoms with Gasteiger partial charge in [-0.1, -0.05) is 23.8 Å². The third-order valence-corrected chi connectivity index (χ3v) is 3.75. The summed E-state index contributed by atoms with van der Waals surface area (Å²) in [7, 11) is 0. The van der Waals surface area contributed by atoms with Crippen molar-refractivity contribution in [1.82, 2.24) is 5.32 Å². The molecule has 0 saturated heterocycles. The summed E-state index contributed by atoms with van der Waals surface area (Å²) in [5, 5.41) is 2.94. The molecule has 0 spiro atoms. The average molecular weight is 299 g/mol. The molecule has 1 aromatic rings. The Morgan fingerprint density at radius 3 is 2.77 bits per heavy atom. The molecule has 1 aliphatic carbocycles. The number of allylic oxidation sites excluding steroid dienone is 1. The second kappa shape index (κ2) is 9.08. The smallest absolute Gasteiger partial charge is 0.244 e. The van der Waals surface area contributed by atoms with Crippen molar-refractivity contribution in [3.63, 3.8) is 0 Å². The first-order valence-corrected chi connectivity index (χ1v) is 8.14. The van der Waals surface area contributed by atoms with Crippen molar-refractivity contribution >= 4 is 12.0 Å². The Labute approximate surface area is 133 Å². The van der Waals surface area contributed by atoms with E-state index < -0.39 is 0 Å². The quantitative estimate of drug-likeness (QED) is 0.608. The van der Waals surface area contributed by atoms with Crippen molar-refractivity contribution in [2.45, 2.75) is 39.0 Å². The molecule has 1 aromatic carbocycles. The van der Waals surface area contributed by atoms with Gasteiger partial charge in [-0.05, 0) is 62.8 Å². The maximum Gasteiger partial charge on any atom is 0.244 e. The minimum absolute atomic E-state index is 0.0368. The summed E-state index contributed by atoms with van der Waals surface area (Å²) in [5.74, 6) is 0.815. The number of rotatable bonds is 7. The minimum atomic E-state index is -0.0368. The number of amides is 1. The monoisotopic (exact) mass is 299 g/mol. The number of ether oxygens (including phenoxy) is 1. The molecule has 2 rings (SSSR count). The zero-order valence-corrected chi connectivity index (χ0v) is 13.3. The molecule has 22 heavy (non-hydrogen) atoms. The van der Waals surface area contributed by atoms with Gasteiger partial charge in [0.2, 0.25) is 5.91 Å². The standard InChI is InChI=1S/C19H25NO2/c1-2-22-18-11-8-17(9-12-18)10-13-19(21)20-15-14-16-6-4-3-5-7-16/h6,8-13H,2-5,7,14-15H2,1H3,(H,20,21)/b13-10+. The molecule has 118 valence electrons. The molecular weight excluding hydrogens is 274 g/mol. The Hall–Kier alpha value is -2.03. The van der Waals surface area contributed by atoms with Crippen molar-refractivity contribution in [1.29, 1.82) is 0 Å². The van der Waals surface area contributed by atoms with Crippen LogP contribution in [0.4, 0.5) is 0 Å². The van der Waals surface area contributed by atoms with E-state index in [0.717, 1.165) is 24.3 Å². The van der Waals surface area contributed by atoms with Crippen LogP contribution in [0.25, 0.3) is 6.08 Å². The number of nitrogens with one attached hydrogen (secondary N) is 1. The van der Waals surface area contributed by atoms with Crippen LogP contribution in [0.2, 0.25) is 0 Å². The van der Waals surface area contributed by atoms with E-state index in [1.165, 1.54) is 31.3 Å². The highest BCUT2D eigenvalue weighted by atomic mass is 16.5. The lowest BCUT2D eigenvalue weighted by atomic mass is 9.97. The third-order valence-electron chi connectivity index (χ3n) is 3.75. The molecule has 0 unspecified atom stereocenters. The van der Waals surface area contributed by atoms with Crippen LogP contribution in [-0.2, 0) is 4.79 Å². The lowest BCUT2D eigenvalue weighted by Gasteiger charge is -2.12. The maximum atomic E-state index is 11.8. The molecule has 1 amide bonds. The van der Waals surface area contributed by atoms with Crippen molar-refractivity contribution in [3.05, 3.63) is 47.6 Å². The van der Waals surface area contributed by atoms with E-state index in [1.807, 2.05) is 37.3 Å². The van der Waals surface area contributed by atoms with Gasteiger partial charge < -0.3 is 10.1 Å². The van der Waals surface area contributed by atoms with Gasteiger partial charge in [-0.25, -0.2) is 0 Å². The van der Waals surface area contributed by atoms with Crippen molar-refractivity contribution in [2.24, 2.45) is 0 Å². The highest BCUT2D eigenvalue weighted by Gasteiger charge is 2.03. The molecule has 1 N–H and O–H groups in total. The first kappa shape index (κ1) is 16.3. The molecule has 3 nitrogen and oxygen atoms in total. The van der Waals surface area contributed by atoms with E-state index in [9.17, 15) is 4.79 Å². The summed E-state index contributed by atoms with van der Waals surface area (Å²) in [5.41, 5.74) is 2.48. The van der Waals surface area contributed by atoms with Gasteiger partial charge in [0.05, 0.1) is 6.61 Å². The molecule has 0 atom stereocenters. The van der Waals surface area contributed by atoms with Crippen LogP contribution >= 0.6 is 0 Å². The highest BCUT2D eigenvalue weighted by molar-refractivity contribution is 5.91. The van der Waals surface area contributed by atoms with E-state index >= 15 is 0 Å². The summed E-state index contributed by atoms with van der Waals surface area (Å²) in [6.07, 6.45) is 11.7. The van der Waals surface area contributed by atoms with Gasteiger partial charge in [-0.2, -0.15) is 0 Å². The van der Waals surface area contributed by atoms with Gasteiger partial charge in [0.25, 0.3) is 0 Å². The predicted octanol–water partition coefficient (Wildman–Crippen LogP) is 4.11. The number of hydrogen-bond donors (Lipinski definition) is 1. The van der Waals surface area contributed by atoms with Gasteiger partial charge >= 0.3 is 0 Å². The van der Waals surface area contributed by atoms with Crippen LogP contribution in [-0.4, -0.2) is 19.1 Å². The SMILES string of the molecule is CCOc1ccc(/C=C/C(=O)NCCC2=CCCCC2)cc1. The van der Waals surface area contributed by atoms with Crippen LogP contribution in [0, 0.1) is 0 Å². The van der Waals surface area contributed by atoms with Crippen LogP contribution in [0.3, 0.4) is 0 Å². The Kier molecular flexibility index (Phi) is 6.75. The molecule has 0 aliphatic heterocycles. The van der Waals surface area contributed by atoms with E-state index in [4.69, 9.17) is 4.74 Å². The summed E-state index contributed by atoms with van der Waals surface area (Å²) >= 11 is 0. The number of carbonyl (C=O) groups is 1. The van der Waals surface area contributed by atoms with E-state index in [2.05, 4.69) is 11.4 Å². The van der Waals surface area contributed by atoms with Gasteiger partial charge in [-0.3, -0.25) is 4.79 Å². The molecule has 0 radical (unpaired) electrons. The number of hydrogen-bond acceptors (Lipinski definition) is 2. The van der Waals surface area contributed by atoms with E-state index in [-0.39, 0.29) is 5.91 Å². The van der Waals surface area contributed by atoms with Crippen LogP contribution in [0.15, 0.2) is 42.0 Å².